The summed E-state index contributed by atoms with van der Waals surface area (Å²) in [4.78, 5) is 26.9. The predicted molar refractivity (Wildman–Crippen MR) is 119 cm³/mol. The molecule has 1 aliphatic heterocycles. The topological polar surface area (TPSA) is 58.6 Å². The fourth-order valence-corrected chi connectivity index (χ4v) is 4.44. The van der Waals surface area contributed by atoms with Gasteiger partial charge in [0, 0.05) is 29.8 Å². The van der Waals surface area contributed by atoms with Crippen molar-refractivity contribution in [3.05, 3.63) is 59.1 Å². The van der Waals surface area contributed by atoms with Gasteiger partial charge in [0.05, 0.1) is 18.6 Å². The lowest BCUT2D eigenvalue weighted by molar-refractivity contribution is -0.132. The predicted octanol–water partition coefficient (Wildman–Crippen LogP) is 4.46. The van der Waals surface area contributed by atoms with Gasteiger partial charge in [-0.05, 0) is 42.7 Å². The summed E-state index contributed by atoms with van der Waals surface area (Å²) in [7, 11) is 1.58. The summed E-state index contributed by atoms with van der Waals surface area (Å²) in [6.07, 6.45) is 1.34. The van der Waals surface area contributed by atoms with Gasteiger partial charge in [-0.15, -0.1) is 11.8 Å². The van der Waals surface area contributed by atoms with E-state index in [0.29, 0.717) is 48.1 Å². The second kappa shape index (κ2) is 10.6. The minimum atomic E-state index is -0.0944. The summed E-state index contributed by atoms with van der Waals surface area (Å²) < 4.78 is 5.28. The number of likely N-dealkylation sites (tertiary alicyclic amines) is 1. The van der Waals surface area contributed by atoms with E-state index in [9.17, 15) is 9.59 Å². The number of nitrogens with one attached hydrogen (secondary N) is 1. The van der Waals surface area contributed by atoms with E-state index < -0.39 is 0 Å². The van der Waals surface area contributed by atoms with Crippen LogP contribution < -0.4 is 10.1 Å². The third-order valence-electron chi connectivity index (χ3n) is 4.97. The molecule has 0 radical (unpaired) electrons. The highest BCUT2D eigenvalue weighted by atomic mass is 35.5. The second-order valence-electron chi connectivity index (χ2n) is 6.97. The number of ether oxygens (including phenoxy) is 1. The van der Waals surface area contributed by atoms with Crippen LogP contribution in [-0.2, 0) is 15.3 Å². The molecule has 2 amide bonds. The summed E-state index contributed by atoms with van der Waals surface area (Å²) in [6.45, 7) is 1.22. The van der Waals surface area contributed by atoms with Crippen molar-refractivity contribution in [3.63, 3.8) is 0 Å². The summed E-state index contributed by atoms with van der Waals surface area (Å²) in [5.74, 6) is 1.85. The quantitative estimate of drug-likeness (QED) is 0.701. The number of hydrogen-bond acceptors (Lipinski definition) is 4. The average Bonchev–Trinajstić information content (AvgIpc) is 2.74. The van der Waals surface area contributed by atoms with Gasteiger partial charge in [0.25, 0.3) is 0 Å². The van der Waals surface area contributed by atoms with Crippen LogP contribution in [0.2, 0.25) is 5.02 Å². The molecule has 2 aromatic rings. The van der Waals surface area contributed by atoms with Gasteiger partial charge in [0.15, 0.2) is 0 Å². The molecule has 0 atom stereocenters. The van der Waals surface area contributed by atoms with Gasteiger partial charge in [0.1, 0.15) is 5.75 Å². The van der Waals surface area contributed by atoms with Crippen molar-refractivity contribution < 1.29 is 14.3 Å². The maximum atomic E-state index is 12.6. The third kappa shape index (κ3) is 6.15. The molecule has 1 aliphatic rings. The zero-order valence-corrected chi connectivity index (χ0v) is 18.0. The maximum absolute atomic E-state index is 12.6. The van der Waals surface area contributed by atoms with Crippen molar-refractivity contribution >= 4 is 40.9 Å². The molecule has 1 saturated heterocycles. The molecule has 29 heavy (non-hydrogen) atoms. The van der Waals surface area contributed by atoms with Crippen molar-refractivity contribution in [1.29, 1.82) is 0 Å². The number of nitrogens with zero attached hydrogens (tertiary/aromatic N) is 1. The van der Waals surface area contributed by atoms with Crippen LogP contribution in [0.5, 0.6) is 5.75 Å². The van der Waals surface area contributed by atoms with Crippen molar-refractivity contribution in [3.8, 4) is 5.75 Å². The lowest BCUT2D eigenvalue weighted by Crippen LogP contribution is -2.42. The molecule has 0 aromatic heterocycles. The first-order valence-electron chi connectivity index (χ1n) is 9.60. The Labute approximate surface area is 180 Å². The second-order valence-corrected chi connectivity index (χ2v) is 8.39. The number of carbonyl (C=O) groups excluding carboxylic acids is 2. The number of amides is 2. The van der Waals surface area contributed by atoms with Crippen molar-refractivity contribution in [2.24, 2.45) is 5.92 Å². The SMILES string of the molecule is COc1ccccc1NC(=O)C1CCN(C(=O)CSCc2cccc(Cl)c2)CC1. The van der Waals surface area contributed by atoms with Gasteiger partial charge in [-0.2, -0.15) is 0 Å². The largest absolute Gasteiger partial charge is 0.495 e. The van der Waals surface area contributed by atoms with E-state index in [1.54, 1.807) is 18.9 Å². The van der Waals surface area contributed by atoms with Crippen LogP contribution in [0, 0.1) is 5.92 Å². The number of piperidine rings is 1. The van der Waals surface area contributed by atoms with Gasteiger partial charge >= 0.3 is 0 Å². The van der Waals surface area contributed by atoms with Gasteiger partial charge in [-0.1, -0.05) is 35.9 Å². The molecular weight excluding hydrogens is 408 g/mol. The minimum absolute atomic E-state index is 0.0167. The Bertz CT molecular complexity index is 853. The molecule has 1 heterocycles. The number of hydrogen-bond donors (Lipinski definition) is 1. The minimum Gasteiger partial charge on any atom is -0.495 e. The molecule has 2 aromatic carbocycles. The Morgan fingerprint density at radius 2 is 1.93 bits per heavy atom. The molecule has 5 nitrogen and oxygen atoms in total. The Morgan fingerprint density at radius 1 is 1.17 bits per heavy atom. The summed E-state index contributed by atoms with van der Waals surface area (Å²) in [5.41, 5.74) is 1.79. The van der Waals surface area contributed by atoms with E-state index >= 15 is 0 Å². The van der Waals surface area contributed by atoms with E-state index in [4.69, 9.17) is 16.3 Å². The van der Waals surface area contributed by atoms with E-state index in [2.05, 4.69) is 5.32 Å². The zero-order valence-electron chi connectivity index (χ0n) is 16.4. The summed E-state index contributed by atoms with van der Waals surface area (Å²) in [6, 6.07) is 15.1. The van der Waals surface area contributed by atoms with Crippen LogP contribution in [0.1, 0.15) is 18.4 Å². The van der Waals surface area contributed by atoms with Crippen LogP contribution >= 0.6 is 23.4 Å². The number of carbonyl (C=O) groups is 2. The molecule has 1 fully saturated rings. The Hall–Kier alpha value is -2.18. The number of benzene rings is 2. The number of thioether (sulfide) groups is 1. The molecule has 1 N–H and O–H groups in total. The first kappa shape index (κ1) is 21.5. The van der Waals surface area contributed by atoms with E-state index in [0.717, 1.165) is 11.3 Å². The Balaban J connectivity index is 1.42. The normalized spacial score (nSPS) is 14.5. The average molecular weight is 433 g/mol. The number of methoxy groups -OCH3 is 1. The van der Waals surface area contributed by atoms with Crippen molar-refractivity contribution in [2.75, 3.05) is 31.3 Å². The first-order chi connectivity index (χ1) is 14.1. The molecule has 0 aliphatic carbocycles. The monoisotopic (exact) mass is 432 g/mol. The van der Waals surface area contributed by atoms with Gasteiger partial charge in [-0.3, -0.25) is 9.59 Å². The standard InChI is InChI=1S/C22H25ClN2O3S/c1-28-20-8-3-2-7-19(20)24-22(27)17-9-11-25(12-10-17)21(26)15-29-14-16-5-4-6-18(23)13-16/h2-8,13,17H,9-12,14-15H2,1H3,(H,24,27). The highest BCUT2D eigenvalue weighted by Gasteiger charge is 2.27. The number of halogens is 1. The fourth-order valence-electron chi connectivity index (χ4n) is 3.35. The molecule has 3 rings (SSSR count). The summed E-state index contributed by atoms with van der Waals surface area (Å²) >= 11 is 7.58. The van der Waals surface area contributed by atoms with Crippen molar-refractivity contribution in [1.82, 2.24) is 4.90 Å². The molecule has 0 unspecified atom stereocenters. The first-order valence-corrected chi connectivity index (χ1v) is 11.1. The number of para-hydroxylation sites is 2. The summed E-state index contributed by atoms with van der Waals surface area (Å²) in [5, 5.41) is 3.66. The molecule has 0 saturated carbocycles. The van der Waals surface area contributed by atoms with Gasteiger partial charge in [-0.25, -0.2) is 0 Å². The molecule has 0 spiro atoms. The van der Waals surface area contributed by atoms with Crippen LogP contribution in [0.25, 0.3) is 0 Å². The lowest BCUT2D eigenvalue weighted by atomic mass is 9.96. The van der Waals surface area contributed by atoms with Crippen LogP contribution in [-0.4, -0.2) is 42.7 Å². The molecular formula is C22H25ClN2O3S. The fraction of sp³-hybridized carbons (Fsp3) is 0.364. The molecule has 7 heteroatoms. The van der Waals surface area contributed by atoms with Crippen molar-refractivity contribution in [2.45, 2.75) is 18.6 Å². The van der Waals surface area contributed by atoms with E-state index in [1.807, 2.05) is 53.4 Å². The van der Waals surface area contributed by atoms with Crippen LogP contribution in [0.4, 0.5) is 5.69 Å². The smallest absolute Gasteiger partial charge is 0.232 e. The highest BCUT2D eigenvalue weighted by molar-refractivity contribution is 7.99. The van der Waals surface area contributed by atoms with E-state index in [-0.39, 0.29) is 17.7 Å². The number of anilines is 1. The third-order valence-corrected chi connectivity index (χ3v) is 6.19. The van der Waals surface area contributed by atoms with Gasteiger partial charge in [0.2, 0.25) is 11.8 Å². The van der Waals surface area contributed by atoms with Crippen LogP contribution in [0.15, 0.2) is 48.5 Å². The molecule has 154 valence electrons. The van der Waals surface area contributed by atoms with Crippen LogP contribution in [0.3, 0.4) is 0 Å². The highest BCUT2D eigenvalue weighted by Crippen LogP contribution is 2.26. The van der Waals surface area contributed by atoms with Gasteiger partial charge < -0.3 is 15.0 Å². The Kier molecular flexibility index (Phi) is 7.83. The lowest BCUT2D eigenvalue weighted by Gasteiger charge is -2.31. The Morgan fingerprint density at radius 3 is 2.66 bits per heavy atom. The van der Waals surface area contributed by atoms with E-state index in [1.165, 1.54) is 0 Å². The maximum Gasteiger partial charge on any atom is 0.232 e. The zero-order chi connectivity index (χ0) is 20.6. The molecule has 0 bridgehead atoms. The number of rotatable bonds is 7.